The molecule has 1 fully saturated rings. The van der Waals surface area contributed by atoms with Crippen LogP contribution in [0.5, 0.6) is 0 Å². The van der Waals surface area contributed by atoms with Crippen LogP contribution in [0.15, 0.2) is 4.90 Å². The van der Waals surface area contributed by atoms with E-state index in [-0.39, 0.29) is 0 Å². The third-order valence-corrected chi connectivity index (χ3v) is 6.05. The first kappa shape index (κ1) is 12.9. The molecular formula is C10H17N3O2S2. The van der Waals surface area contributed by atoms with E-state index in [9.17, 15) is 8.42 Å². The molecule has 0 atom stereocenters. The number of aromatic amines is 1. The van der Waals surface area contributed by atoms with Crippen LogP contribution in [-0.2, 0) is 10.0 Å². The maximum Gasteiger partial charge on any atom is 0.246 e. The minimum atomic E-state index is -3.38. The van der Waals surface area contributed by atoms with Gasteiger partial charge in [0.25, 0.3) is 0 Å². The molecule has 2 rings (SSSR count). The highest BCUT2D eigenvalue weighted by Crippen LogP contribution is 2.23. The van der Waals surface area contributed by atoms with Gasteiger partial charge in [-0.1, -0.05) is 0 Å². The molecule has 96 valence electrons. The highest BCUT2D eigenvalue weighted by Gasteiger charge is 2.29. The number of nitrogens with one attached hydrogen (secondary N) is 1. The molecule has 2 heterocycles. The Kier molecular flexibility index (Phi) is 3.79. The highest BCUT2D eigenvalue weighted by molar-refractivity contribution is 7.99. The predicted molar refractivity (Wildman–Crippen MR) is 68.8 cm³/mol. The SMILES string of the molecule is Cc1n[nH]c(C)c1S(=O)(=O)N1CCCSCC1. The van der Waals surface area contributed by atoms with Crippen molar-refractivity contribution in [1.82, 2.24) is 14.5 Å². The van der Waals surface area contributed by atoms with Gasteiger partial charge in [0.15, 0.2) is 0 Å². The molecule has 0 spiro atoms. The highest BCUT2D eigenvalue weighted by atomic mass is 32.2. The lowest BCUT2D eigenvalue weighted by molar-refractivity contribution is 0.434. The zero-order chi connectivity index (χ0) is 12.5. The third kappa shape index (κ3) is 2.51. The molecule has 0 saturated carbocycles. The minimum absolute atomic E-state index is 0.351. The first-order valence-electron chi connectivity index (χ1n) is 5.63. The Morgan fingerprint density at radius 3 is 2.71 bits per heavy atom. The number of hydrogen-bond acceptors (Lipinski definition) is 4. The fraction of sp³-hybridized carbons (Fsp3) is 0.700. The Labute approximate surface area is 106 Å². The Morgan fingerprint density at radius 1 is 1.29 bits per heavy atom. The normalized spacial score (nSPS) is 19.2. The summed E-state index contributed by atoms with van der Waals surface area (Å²) in [4.78, 5) is 0.351. The van der Waals surface area contributed by atoms with Crippen molar-refractivity contribution < 1.29 is 8.42 Å². The van der Waals surface area contributed by atoms with Crippen LogP contribution in [0, 0.1) is 13.8 Å². The summed E-state index contributed by atoms with van der Waals surface area (Å²) in [5.74, 6) is 1.91. The summed E-state index contributed by atoms with van der Waals surface area (Å²) in [7, 11) is -3.38. The molecule has 5 nitrogen and oxygen atoms in total. The number of H-pyrrole nitrogens is 1. The standard InChI is InChI=1S/C10H17N3O2S2/c1-8-10(9(2)12-11-8)17(14,15)13-4-3-6-16-7-5-13/h3-7H2,1-2H3,(H,11,12). The van der Waals surface area contributed by atoms with Crippen molar-refractivity contribution in [2.45, 2.75) is 25.2 Å². The van der Waals surface area contributed by atoms with Crippen molar-refractivity contribution in [2.24, 2.45) is 0 Å². The summed E-state index contributed by atoms with van der Waals surface area (Å²) < 4.78 is 26.6. The summed E-state index contributed by atoms with van der Waals surface area (Å²) in [6, 6.07) is 0. The van der Waals surface area contributed by atoms with E-state index in [1.165, 1.54) is 0 Å². The maximum absolute atomic E-state index is 12.5. The van der Waals surface area contributed by atoms with Gasteiger partial charge in [-0.05, 0) is 26.0 Å². The second kappa shape index (κ2) is 4.99. The van der Waals surface area contributed by atoms with E-state index in [1.807, 2.05) is 11.8 Å². The Balaban J connectivity index is 2.35. The molecule has 1 N–H and O–H groups in total. The van der Waals surface area contributed by atoms with Crippen molar-refractivity contribution in [3.63, 3.8) is 0 Å². The van der Waals surface area contributed by atoms with Gasteiger partial charge in [-0.3, -0.25) is 5.10 Å². The third-order valence-electron chi connectivity index (χ3n) is 2.84. The lowest BCUT2D eigenvalue weighted by atomic mass is 10.4. The van der Waals surface area contributed by atoms with Crippen molar-refractivity contribution in [3.05, 3.63) is 11.4 Å². The van der Waals surface area contributed by atoms with Gasteiger partial charge in [-0.2, -0.15) is 21.2 Å². The van der Waals surface area contributed by atoms with Crippen LogP contribution in [0.3, 0.4) is 0 Å². The average molecular weight is 275 g/mol. The van der Waals surface area contributed by atoms with Crippen molar-refractivity contribution >= 4 is 21.8 Å². The first-order valence-corrected chi connectivity index (χ1v) is 8.22. The van der Waals surface area contributed by atoms with Crippen LogP contribution in [0.2, 0.25) is 0 Å². The van der Waals surface area contributed by atoms with E-state index in [2.05, 4.69) is 10.2 Å². The van der Waals surface area contributed by atoms with Crippen LogP contribution >= 0.6 is 11.8 Å². The average Bonchev–Trinajstić information content (AvgIpc) is 2.53. The van der Waals surface area contributed by atoms with Gasteiger partial charge < -0.3 is 0 Å². The fourth-order valence-electron chi connectivity index (χ4n) is 2.01. The lowest BCUT2D eigenvalue weighted by Gasteiger charge is -2.19. The number of nitrogens with zero attached hydrogens (tertiary/aromatic N) is 2. The summed E-state index contributed by atoms with van der Waals surface area (Å²) in [6.45, 7) is 4.68. The molecule has 0 radical (unpaired) electrons. The van der Waals surface area contributed by atoms with Gasteiger partial charge >= 0.3 is 0 Å². The minimum Gasteiger partial charge on any atom is -0.281 e. The molecule has 0 aromatic carbocycles. The topological polar surface area (TPSA) is 66.1 Å². The summed E-state index contributed by atoms with van der Waals surface area (Å²) in [5, 5.41) is 6.70. The van der Waals surface area contributed by atoms with Gasteiger partial charge in [0.05, 0.1) is 11.4 Å². The quantitative estimate of drug-likeness (QED) is 0.879. The Bertz CT molecular complexity index is 468. The number of rotatable bonds is 2. The van der Waals surface area contributed by atoms with E-state index < -0.39 is 10.0 Å². The second-order valence-corrected chi connectivity index (χ2v) is 7.23. The zero-order valence-electron chi connectivity index (χ0n) is 10.1. The zero-order valence-corrected chi connectivity index (χ0v) is 11.7. The predicted octanol–water partition coefficient (Wildman–Crippen LogP) is 1.15. The largest absolute Gasteiger partial charge is 0.281 e. The van der Waals surface area contributed by atoms with E-state index in [0.29, 0.717) is 29.4 Å². The molecule has 1 aliphatic heterocycles. The number of thioether (sulfide) groups is 1. The second-order valence-electron chi connectivity index (χ2n) is 4.13. The van der Waals surface area contributed by atoms with Crippen molar-refractivity contribution in [3.8, 4) is 0 Å². The van der Waals surface area contributed by atoms with Gasteiger partial charge in [0.1, 0.15) is 4.90 Å². The van der Waals surface area contributed by atoms with Crippen LogP contribution in [0.4, 0.5) is 0 Å². The van der Waals surface area contributed by atoms with E-state index in [4.69, 9.17) is 0 Å². The molecule has 0 amide bonds. The summed E-state index contributed by atoms with van der Waals surface area (Å²) in [5.41, 5.74) is 1.18. The number of aryl methyl sites for hydroxylation is 2. The van der Waals surface area contributed by atoms with Gasteiger partial charge in [0.2, 0.25) is 10.0 Å². The molecule has 1 aromatic heterocycles. The van der Waals surface area contributed by atoms with Crippen LogP contribution in [0.1, 0.15) is 17.8 Å². The maximum atomic E-state index is 12.5. The Morgan fingerprint density at radius 2 is 2.06 bits per heavy atom. The molecule has 17 heavy (non-hydrogen) atoms. The summed E-state index contributed by atoms with van der Waals surface area (Å²) >= 11 is 1.81. The van der Waals surface area contributed by atoms with E-state index in [1.54, 1.807) is 18.2 Å². The van der Waals surface area contributed by atoms with Crippen LogP contribution in [-0.4, -0.2) is 47.5 Å². The van der Waals surface area contributed by atoms with Crippen molar-refractivity contribution in [2.75, 3.05) is 24.6 Å². The first-order chi connectivity index (χ1) is 8.03. The summed E-state index contributed by atoms with van der Waals surface area (Å²) in [6.07, 6.45) is 0.917. The van der Waals surface area contributed by atoms with E-state index in [0.717, 1.165) is 17.9 Å². The fourth-order valence-corrected chi connectivity index (χ4v) is 4.83. The van der Waals surface area contributed by atoms with Crippen LogP contribution in [0.25, 0.3) is 0 Å². The molecule has 1 aromatic rings. The van der Waals surface area contributed by atoms with Crippen molar-refractivity contribution in [1.29, 1.82) is 0 Å². The molecule has 0 unspecified atom stereocenters. The molecule has 7 heteroatoms. The molecule has 0 aliphatic carbocycles. The monoisotopic (exact) mass is 275 g/mol. The van der Waals surface area contributed by atoms with Gasteiger partial charge in [0, 0.05) is 18.8 Å². The number of hydrogen-bond donors (Lipinski definition) is 1. The van der Waals surface area contributed by atoms with Crippen LogP contribution < -0.4 is 0 Å². The smallest absolute Gasteiger partial charge is 0.246 e. The molecule has 1 saturated heterocycles. The van der Waals surface area contributed by atoms with E-state index >= 15 is 0 Å². The lowest BCUT2D eigenvalue weighted by Crippen LogP contribution is -2.33. The number of aromatic nitrogens is 2. The number of sulfonamides is 1. The van der Waals surface area contributed by atoms with Gasteiger partial charge in [-0.15, -0.1) is 0 Å². The molecule has 1 aliphatic rings. The van der Waals surface area contributed by atoms with Gasteiger partial charge in [-0.25, -0.2) is 8.42 Å². The Hall–Kier alpha value is -0.530. The molecular weight excluding hydrogens is 258 g/mol. The molecule has 0 bridgehead atoms.